The van der Waals surface area contributed by atoms with Crippen LogP contribution in [0.3, 0.4) is 0 Å². The van der Waals surface area contributed by atoms with E-state index >= 15 is 0 Å². The lowest BCUT2D eigenvalue weighted by Gasteiger charge is -2.33. The zero-order valence-electron chi connectivity index (χ0n) is 15.2. The molecular weight excluding hydrogens is 373 g/mol. The van der Waals surface area contributed by atoms with Gasteiger partial charge in [-0.1, -0.05) is 89.9 Å². The van der Waals surface area contributed by atoms with E-state index in [1.807, 2.05) is 18.2 Å². The Hall–Kier alpha value is -2.06. The van der Waals surface area contributed by atoms with E-state index in [4.69, 9.17) is 23.2 Å². The minimum atomic E-state index is 0.355. The van der Waals surface area contributed by atoms with Gasteiger partial charge in [0.2, 0.25) is 0 Å². The van der Waals surface area contributed by atoms with Crippen LogP contribution in [0.15, 0.2) is 78.9 Å². The third-order valence-corrected chi connectivity index (χ3v) is 5.93. The molecule has 1 aliphatic rings. The molecule has 0 saturated heterocycles. The second kappa shape index (κ2) is 7.90. The molecule has 27 heavy (non-hydrogen) atoms. The fraction of sp³-hybridized carbons (Fsp3) is 0.167. The van der Waals surface area contributed by atoms with E-state index in [-0.39, 0.29) is 0 Å². The zero-order valence-corrected chi connectivity index (χ0v) is 16.7. The first-order valence-electron chi connectivity index (χ1n) is 9.12. The SMILES string of the molecule is CN(Cc1ccccc1)C1CC=C(c2ccc(Cl)c(Cl)c2)c2ccccc21. The Morgan fingerprint density at radius 2 is 1.63 bits per heavy atom. The summed E-state index contributed by atoms with van der Waals surface area (Å²) in [7, 11) is 2.20. The lowest BCUT2D eigenvalue weighted by atomic mass is 9.83. The van der Waals surface area contributed by atoms with Gasteiger partial charge in [-0.15, -0.1) is 0 Å². The summed E-state index contributed by atoms with van der Waals surface area (Å²) in [5, 5.41) is 1.18. The number of hydrogen-bond donors (Lipinski definition) is 0. The Balaban J connectivity index is 1.67. The maximum absolute atomic E-state index is 6.26. The van der Waals surface area contributed by atoms with Gasteiger partial charge in [-0.25, -0.2) is 0 Å². The van der Waals surface area contributed by atoms with Gasteiger partial charge in [0, 0.05) is 12.6 Å². The lowest BCUT2D eigenvalue weighted by Crippen LogP contribution is -2.26. The first-order chi connectivity index (χ1) is 13.1. The largest absolute Gasteiger partial charge is 0.295 e. The van der Waals surface area contributed by atoms with Gasteiger partial charge in [-0.05, 0) is 53.4 Å². The summed E-state index contributed by atoms with van der Waals surface area (Å²) in [5.41, 5.74) is 6.30. The van der Waals surface area contributed by atoms with Gasteiger partial charge in [0.1, 0.15) is 0 Å². The van der Waals surface area contributed by atoms with E-state index in [1.54, 1.807) is 0 Å². The number of halogens is 2. The monoisotopic (exact) mass is 393 g/mol. The van der Waals surface area contributed by atoms with Crippen LogP contribution in [0.1, 0.15) is 34.7 Å². The first kappa shape index (κ1) is 18.3. The highest BCUT2D eigenvalue weighted by Crippen LogP contribution is 2.40. The van der Waals surface area contributed by atoms with Gasteiger partial charge in [0.05, 0.1) is 10.0 Å². The molecule has 1 unspecified atom stereocenters. The molecular formula is C24H21Cl2N. The molecule has 0 aromatic heterocycles. The van der Waals surface area contributed by atoms with Gasteiger partial charge >= 0.3 is 0 Å². The maximum Gasteiger partial charge on any atom is 0.0598 e. The average molecular weight is 394 g/mol. The van der Waals surface area contributed by atoms with Gasteiger partial charge in [0.25, 0.3) is 0 Å². The zero-order chi connectivity index (χ0) is 18.8. The Morgan fingerprint density at radius 1 is 0.889 bits per heavy atom. The van der Waals surface area contributed by atoms with Crippen LogP contribution in [0.4, 0.5) is 0 Å². The molecule has 136 valence electrons. The van der Waals surface area contributed by atoms with Crippen molar-refractivity contribution in [2.45, 2.75) is 19.0 Å². The molecule has 0 aliphatic heterocycles. The third kappa shape index (κ3) is 3.82. The van der Waals surface area contributed by atoms with Gasteiger partial charge in [-0.2, -0.15) is 0 Å². The normalized spacial score (nSPS) is 16.1. The van der Waals surface area contributed by atoms with Crippen molar-refractivity contribution in [2.75, 3.05) is 7.05 Å². The van der Waals surface area contributed by atoms with Gasteiger partial charge < -0.3 is 0 Å². The second-order valence-corrected chi connectivity index (χ2v) is 7.80. The summed E-state index contributed by atoms with van der Waals surface area (Å²) in [6, 6.07) is 25.5. The molecule has 0 bridgehead atoms. The highest BCUT2D eigenvalue weighted by Gasteiger charge is 2.25. The molecule has 0 spiro atoms. The minimum absolute atomic E-state index is 0.355. The number of nitrogens with zero attached hydrogens (tertiary/aromatic N) is 1. The number of hydrogen-bond acceptors (Lipinski definition) is 1. The molecule has 0 fully saturated rings. The summed E-state index contributed by atoms with van der Waals surface area (Å²) < 4.78 is 0. The summed E-state index contributed by atoms with van der Waals surface area (Å²) in [5.74, 6) is 0. The third-order valence-electron chi connectivity index (χ3n) is 5.19. The topological polar surface area (TPSA) is 3.24 Å². The van der Waals surface area contributed by atoms with Crippen molar-refractivity contribution < 1.29 is 0 Å². The van der Waals surface area contributed by atoms with E-state index in [1.165, 1.54) is 22.3 Å². The van der Waals surface area contributed by atoms with Crippen molar-refractivity contribution in [3.63, 3.8) is 0 Å². The van der Waals surface area contributed by atoms with Crippen molar-refractivity contribution >= 4 is 28.8 Å². The fourth-order valence-corrected chi connectivity index (χ4v) is 4.13. The Bertz CT molecular complexity index is 979. The molecule has 4 rings (SSSR count). The number of benzene rings is 3. The smallest absolute Gasteiger partial charge is 0.0598 e. The van der Waals surface area contributed by atoms with Crippen LogP contribution >= 0.6 is 23.2 Å². The van der Waals surface area contributed by atoms with Crippen molar-refractivity contribution in [3.05, 3.63) is 111 Å². The Morgan fingerprint density at radius 3 is 2.41 bits per heavy atom. The quantitative estimate of drug-likeness (QED) is 0.460. The average Bonchev–Trinajstić information content (AvgIpc) is 2.70. The lowest BCUT2D eigenvalue weighted by molar-refractivity contribution is 0.236. The van der Waals surface area contributed by atoms with Crippen molar-refractivity contribution in [2.24, 2.45) is 0 Å². The highest BCUT2D eigenvalue weighted by atomic mass is 35.5. The van der Waals surface area contributed by atoms with Gasteiger partial charge in [-0.3, -0.25) is 4.90 Å². The molecule has 1 atom stereocenters. The summed E-state index contributed by atoms with van der Waals surface area (Å²) in [4.78, 5) is 2.43. The summed E-state index contributed by atoms with van der Waals surface area (Å²) in [6.45, 7) is 0.926. The van der Waals surface area contributed by atoms with Crippen LogP contribution in [0.5, 0.6) is 0 Å². The van der Waals surface area contributed by atoms with Crippen molar-refractivity contribution in [1.82, 2.24) is 4.90 Å². The summed E-state index contributed by atoms with van der Waals surface area (Å²) >= 11 is 12.4. The molecule has 1 aliphatic carbocycles. The van der Waals surface area contributed by atoms with Crippen LogP contribution in [-0.4, -0.2) is 11.9 Å². The second-order valence-electron chi connectivity index (χ2n) is 6.99. The molecule has 0 radical (unpaired) electrons. The molecule has 0 N–H and O–H groups in total. The highest BCUT2D eigenvalue weighted by molar-refractivity contribution is 6.42. The van der Waals surface area contributed by atoms with Crippen LogP contribution in [0.2, 0.25) is 10.0 Å². The fourth-order valence-electron chi connectivity index (χ4n) is 3.84. The van der Waals surface area contributed by atoms with E-state index in [2.05, 4.69) is 72.6 Å². The van der Waals surface area contributed by atoms with Crippen LogP contribution in [0, 0.1) is 0 Å². The Labute approximate surface area is 170 Å². The van der Waals surface area contributed by atoms with Crippen molar-refractivity contribution in [1.29, 1.82) is 0 Å². The predicted molar refractivity (Wildman–Crippen MR) is 115 cm³/mol. The molecule has 3 aromatic rings. The molecule has 1 nitrogen and oxygen atoms in total. The van der Waals surface area contributed by atoms with Crippen molar-refractivity contribution in [3.8, 4) is 0 Å². The molecule has 3 heteroatoms. The van der Waals surface area contributed by atoms with E-state index in [0.717, 1.165) is 18.5 Å². The number of rotatable bonds is 4. The minimum Gasteiger partial charge on any atom is -0.295 e. The molecule has 0 amide bonds. The summed E-state index contributed by atoms with van der Waals surface area (Å²) in [6.07, 6.45) is 3.30. The predicted octanol–water partition coefficient (Wildman–Crippen LogP) is 7.00. The van der Waals surface area contributed by atoms with Crippen LogP contribution in [0.25, 0.3) is 5.57 Å². The first-order valence-corrected chi connectivity index (χ1v) is 9.88. The van der Waals surface area contributed by atoms with Gasteiger partial charge in [0.15, 0.2) is 0 Å². The standard InChI is InChI=1S/C24H21Cl2N/c1-27(16-17-7-3-2-4-8-17)24-14-12-19(20-9-5-6-10-21(20)24)18-11-13-22(25)23(26)15-18/h2-13,15,24H,14,16H2,1H3. The number of fused-ring (bicyclic) bond motifs is 1. The van der Waals surface area contributed by atoms with E-state index in [0.29, 0.717) is 16.1 Å². The van der Waals surface area contributed by atoms with Crippen LogP contribution in [-0.2, 0) is 6.54 Å². The molecule has 0 heterocycles. The van der Waals surface area contributed by atoms with E-state index in [9.17, 15) is 0 Å². The Kier molecular flexibility index (Phi) is 5.36. The van der Waals surface area contributed by atoms with E-state index < -0.39 is 0 Å². The van der Waals surface area contributed by atoms with Crippen LogP contribution < -0.4 is 0 Å². The molecule has 0 saturated carbocycles. The maximum atomic E-state index is 6.26. The molecule has 3 aromatic carbocycles.